The molecular formula is C22H35NO9. The molecule has 1 aromatic heterocycles. The maximum Gasteiger partial charge on any atom is 0.306 e. The highest BCUT2D eigenvalue weighted by Crippen LogP contribution is 2.31. The highest BCUT2D eigenvalue weighted by molar-refractivity contribution is 5.69. The summed E-state index contributed by atoms with van der Waals surface area (Å²) in [7, 11) is 0. The van der Waals surface area contributed by atoms with Crippen LogP contribution in [0.25, 0.3) is 0 Å². The zero-order valence-corrected chi connectivity index (χ0v) is 18.6. The average Bonchev–Trinajstić information content (AvgIpc) is 2.79. The molecule has 0 unspecified atom stereocenters. The molecule has 0 amide bonds. The molecule has 0 spiro atoms. The quantitative estimate of drug-likeness (QED) is 0.220. The van der Waals surface area contributed by atoms with Crippen LogP contribution in [0, 0.1) is 6.92 Å². The Bertz CT molecular complexity index is 728. The van der Waals surface area contributed by atoms with Gasteiger partial charge in [-0.3, -0.25) is 9.78 Å². The van der Waals surface area contributed by atoms with Gasteiger partial charge in [0.2, 0.25) is 6.29 Å². The lowest BCUT2D eigenvalue weighted by Crippen LogP contribution is -2.61. The van der Waals surface area contributed by atoms with Crippen LogP contribution in [-0.2, 0) is 27.5 Å². The summed E-state index contributed by atoms with van der Waals surface area (Å²) in [6.07, 6.45) is -0.677. The van der Waals surface area contributed by atoms with Crippen molar-refractivity contribution in [2.24, 2.45) is 0 Å². The van der Waals surface area contributed by atoms with Crippen molar-refractivity contribution in [3.8, 4) is 5.75 Å². The van der Waals surface area contributed by atoms with E-state index in [1.165, 1.54) is 6.20 Å². The summed E-state index contributed by atoms with van der Waals surface area (Å²) in [5.74, 6) is -0.452. The van der Waals surface area contributed by atoms with Gasteiger partial charge in [-0.1, -0.05) is 32.6 Å². The third-order valence-electron chi connectivity index (χ3n) is 5.54. The SMILES string of the molecule is CCCCCCCC(=O)O[C@H]1[C@H](O)[C@@H](O)[C@@H](Oc2c(C)ncc(CO)c2CO)O[C@@H]1CO. The summed E-state index contributed by atoms with van der Waals surface area (Å²) in [6.45, 7) is 2.28. The lowest BCUT2D eigenvalue weighted by atomic mass is 9.98. The number of hydrogen-bond acceptors (Lipinski definition) is 10. The van der Waals surface area contributed by atoms with E-state index in [1.54, 1.807) is 6.92 Å². The van der Waals surface area contributed by atoms with Gasteiger partial charge in [0.15, 0.2) is 6.10 Å². The van der Waals surface area contributed by atoms with Crippen LogP contribution in [0.2, 0.25) is 0 Å². The number of nitrogens with zero attached hydrogens (tertiary/aromatic N) is 1. The number of ether oxygens (including phenoxy) is 3. The van der Waals surface area contributed by atoms with Crippen molar-refractivity contribution >= 4 is 5.97 Å². The fraction of sp³-hybridized carbons (Fsp3) is 0.727. The second-order valence-electron chi connectivity index (χ2n) is 7.94. The highest BCUT2D eigenvalue weighted by Gasteiger charge is 2.48. The van der Waals surface area contributed by atoms with Crippen molar-refractivity contribution in [3.63, 3.8) is 0 Å². The Kier molecular flexibility index (Phi) is 10.8. The molecule has 2 heterocycles. The van der Waals surface area contributed by atoms with Gasteiger partial charge in [-0.25, -0.2) is 0 Å². The molecule has 5 N–H and O–H groups in total. The number of hydrogen-bond donors (Lipinski definition) is 5. The number of pyridine rings is 1. The number of carbonyl (C=O) groups excluding carboxylic acids is 1. The van der Waals surface area contributed by atoms with Crippen LogP contribution in [-0.4, -0.2) is 73.8 Å². The largest absolute Gasteiger partial charge is 0.460 e. The fourth-order valence-corrected chi connectivity index (χ4v) is 3.64. The molecule has 0 radical (unpaired) electrons. The van der Waals surface area contributed by atoms with Gasteiger partial charge >= 0.3 is 5.97 Å². The fourth-order valence-electron chi connectivity index (χ4n) is 3.64. The van der Waals surface area contributed by atoms with E-state index in [9.17, 15) is 30.3 Å². The Morgan fingerprint density at radius 1 is 1.09 bits per heavy atom. The minimum absolute atomic E-state index is 0.0921. The van der Waals surface area contributed by atoms with Crippen LogP contribution in [0.15, 0.2) is 6.20 Å². The van der Waals surface area contributed by atoms with Crippen LogP contribution in [0.5, 0.6) is 5.75 Å². The molecule has 182 valence electrons. The van der Waals surface area contributed by atoms with Crippen molar-refractivity contribution in [1.82, 2.24) is 4.98 Å². The Hall–Kier alpha value is -1.82. The van der Waals surface area contributed by atoms with E-state index in [4.69, 9.17) is 14.2 Å². The van der Waals surface area contributed by atoms with E-state index in [-0.39, 0.29) is 24.3 Å². The smallest absolute Gasteiger partial charge is 0.306 e. The molecule has 0 saturated carbocycles. The van der Waals surface area contributed by atoms with Crippen molar-refractivity contribution in [2.75, 3.05) is 6.61 Å². The average molecular weight is 458 g/mol. The maximum absolute atomic E-state index is 12.2. The van der Waals surface area contributed by atoms with Gasteiger partial charge in [-0.15, -0.1) is 0 Å². The van der Waals surface area contributed by atoms with Gasteiger partial charge < -0.3 is 39.7 Å². The second-order valence-corrected chi connectivity index (χ2v) is 7.94. The van der Waals surface area contributed by atoms with E-state index in [2.05, 4.69) is 11.9 Å². The molecule has 0 aromatic carbocycles. The molecule has 0 aliphatic carbocycles. The second kappa shape index (κ2) is 13.0. The minimum atomic E-state index is -1.61. The highest BCUT2D eigenvalue weighted by atomic mass is 16.7. The number of aryl methyl sites for hydroxylation is 1. The molecule has 2 rings (SSSR count). The zero-order valence-electron chi connectivity index (χ0n) is 18.6. The predicted octanol–water partition coefficient (Wildman–Crippen LogP) is 0.465. The lowest BCUT2D eigenvalue weighted by molar-refractivity contribution is -0.281. The maximum atomic E-state index is 12.2. The van der Waals surface area contributed by atoms with E-state index in [0.717, 1.165) is 25.7 Å². The van der Waals surface area contributed by atoms with Crippen molar-refractivity contribution in [3.05, 3.63) is 23.0 Å². The molecule has 1 aliphatic rings. The number of unbranched alkanes of at least 4 members (excludes halogenated alkanes) is 4. The lowest BCUT2D eigenvalue weighted by Gasteiger charge is -2.41. The normalized spacial score (nSPS) is 25.5. The van der Waals surface area contributed by atoms with Gasteiger partial charge in [0, 0.05) is 23.7 Å². The number of esters is 1. The Morgan fingerprint density at radius 3 is 2.44 bits per heavy atom. The number of aliphatic hydroxyl groups is 5. The molecule has 32 heavy (non-hydrogen) atoms. The van der Waals surface area contributed by atoms with E-state index in [0.29, 0.717) is 17.7 Å². The van der Waals surface area contributed by atoms with Gasteiger partial charge in [0.25, 0.3) is 0 Å². The Morgan fingerprint density at radius 2 is 1.81 bits per heavy atom. The van der Waals surface area contributed by atoms with Crippen LogP contribution < -0.4 is 4.74 Å². The summed E-state index contributed by atoms with van der Waals surface area (Å²) in [6, 6.07) is 0. The first-order chi connectivity index (χ1) is 15.4. The van der Waals surface area contributed by atoms with Crippen LogP contribution in [0.1, 0.15) is 62.3 Å². The summed E-state index contributed by atoms with van der Waals surface area (Å²) < 4.78 is 16.6. The van der Waals surface area contributed by atoms with Crippen LogP contribution in [0.4, 0.5) is 0 Å². The predicted molar refractivity (Wildman–Crippen MR) is 112 cm³/mol. The van der Waals surface area contributed by atoms with Crippen molar-refractivity contribution in [1.29, 1.82) is 0 Å². The van der Waals surface area contributed by atoms with Gasteiger partial charge in [-0.2, -0.15) is 0 Å². The van der Waals surface area contributed by atoms with Crippen molar-refractivity contribution < 1.29 is 44.5 Å². The first-order valence-electron chi connectivity index (χ1n) is 11.1. The molecule has 1 aromatic rings. The Labute approximate surface area is 187 Å². The standard InChI is InChI=1S/C22H35NO9/c1-3-4-5-6-7-8-17(27)31-21-16(12-26)30-22(19(29)18(21)28)32-20-13(2)23-9-14(10-24)15(20)11-25/h9,16,18-19,21-22,24-26,28-29H,3-8,10-12H2,1-2H3/t16-,18-,19-,21-,22-/m1/s1. The van der Waals surface area contributed by atoms with Crippen molar-refractivity contribution in [2.45, 2.75) is 96.3 Å². The summed E-state index contributed by atoms with van der Waals surface area (Å²) in [5, 5.41) is 50.0. The first kappa shape index (κ1) is 26.4. The van der Waals surface area contributed by atoms with Gasteiger partial charge in [0.05, 0.1) is 25.5 Å². The molecule has 1 fully saturated rings. The Balaban J connectivity index is 2.07. The topological polar surface area (TPSA) is 159 Å². The molecule has 1 aliphatic heterocycles. The molecule has 5 atom stereocenters. The number of carbonyl (C=O) groups is 1. The number of aromatic nitrogens is 1. The monoisotopic (exact) mass is 457 g/mol. The molecule has 0 bridgehead atoms. The summed E-state index contributed by atoms with van der Waals surface area (Å²) in [5.41, 5.74) is 0.972. The van der Waals surface area contributed by atoms with E-state index in [1.807, 2.05) is 0 Å². The van der Waals surface area contributed by atoms with E-state index < -0.39 is 49.9 Å². The molecule has 10 heteroatoms. The van der Waals surface area contributed by atoms with Gasteiger partial charge in [0.1, 0.15) is 24.1 Å². The third-order valence-corrected chi connectivity index (χ3v) is 5.54. The van der Waals surface area contributed by atoms with Crippen LogP contribution in [0.3, 0.4) is 0 Å². The summed E-state index contributed by atoms with van der Waals surface area (Å²) >= 11 is 0. The molecule has 10 nitrogen and oxygen atoms in total. The third kappa shape index (κ3) is 6.60. The number of aliphatic hydroxyl groups excluding tert-OH is 5. The number of rotatable bonds is 12. The zero-order chi connectivity index (χ0) is 23.7. The summed E-state index contributed by atoms with van der Waals surface area (Å²) in [4.78, 5) is 16.3. The van der Waals surface area contributed by atoms with Crippen LogP contribution >= 0.6 is 0 Å². The molecular weight excluding hydrogens is 422 g/mol. The van der Waals surface area contributed by atoms with E-state index >= 15 is 0 Å². The molecule has 1 saturated heterocycles. The first-order valence-corrected chi connectivity index (χ1v) is 11.1. The van der Waals surface area contributed by atoms with Gasteiger partial charge in [-0.05, 0) is 13.3 Å². The minimum Gasteiger partial charge on any atom is -0.460 e.